The van der Waals surface area contributed by atoms with E-state index in [2.05, 4.69) is 19.9 Å². The molecular weight excluding hydrogens is 259 g/mol. The Kier molecular flexibility index (Phi) is 2.46. The summed E-state index contributed by atoms with van der Waals surface area (Å²) in [5.74, 6) is 0.632. The van der Waals surface area contributed by atoms with E-state index in [4.69, 9.17) is 23.2 Å². The van der Waals surface area contributed by atoms with Crippen LogP contribution in [0.15, 0.2) is 30.7 Å². The first kappa shape index (κ1) is 10.5. The highest BCUT2D eigenvalue weighted by Gasteiger charge is 2.11. The lowest BCUT2D eigenvalue weighted by atomic mass is 10.2. The maximum Gasteiger partial charge on any atom is 0.181 e. The molecule has 6 heteroatoms. The van der Waals surface area contributed by atoms with E-state index in [-0.39, 0.29) is 0 Å². The molecule has 4 nitrogen and oxygen atoms in total. The number of fused-ring (bicyclic) bond motifs is 1. The molecule has 0 aliphatic carbocycles. The molecule has 2 heterocycles. The lowest BCUT2D eigenvalue weighted by Gasteiger charge is -2.01. The summed E-state index contributed by atoms with van der Waals surface area (Å²) in [6.07, 6.45) is 3.11. The SMILES string of the molecule is Clc1cccc(-c2nc3ncncc3[nH]2)c1Cl. The third-order valence-corrected chi connectivity index (χ3v) is 3.19. The van der Waals surface area contributed by atoms with E-state index in [1.54, 1.807) is 12.3 Å². The number of halogens is 2. The molecule has 84 valence electrons. The van der Waals surface area contributed by atoms with Crippen molar-refractivity contribution in [3.05, 3.63) is 40.8 Å². The normalized spacial score (nSPS) is 10.9. The van der Waals surface area contributed by atoms with Crippen LogP contribution in [0.25, 0.3) is 22.6 Å². The zero-order valence-electron chi connectivity index (χ0n) is 8.48. The fourth-order valence-electron chi connectivity index (χ4n) is 1.58. The van der Waals surface area contributed by atoms with Crippen molar-refractivity contribution in [2.45, 2.75) is 0 Å². The predicted molar refractivity (Wildman–Crippen MR) is 67.1 cm³/mol. The van der Waals surface area contributed by atoms with Crippen LogP contribution in [0, 0.1) is 0 Å². The second-order valence-corrected chi connectivity index (χ2v) is 4.23. The van der Waals surface area contributed by atoms with Gasteiger partial charge in [-0.3, -0.25) is 0 Å². The first-order chi connectivity index (χ1) is 8.25. The number of nitrogens with zero attached hydrogens (tertiary/aromatic N) is 3. The van der Waals surface area contributed by atoms with Crippen LogP contribution in [0.3, 0.4) is 0 Å². The van der Waals surface area contributed by atoms with Gasteiger partial charge in [0.2, 0.25) is 0 Å². The number of nitrogens with one attached hydrogen (secondary N) is 1. The molecule has 3 rings (SSSR count). The first-order valence-corrected chi connectivity index (χ1v) is 5.61. The third-order valence-electron chi connectivity index (χ3n) is 2.37. The van der Waals surface area contributed by atoms with Gasteiger partial charge in [-0.15, -0.1) is 0 Å². The lowest BCUT2D eigenvalue weighted by Crippen LogP contribution is -1.82. The number of aromatic nitrogens is 4. The standard InChI is InChI=1S/C11H6Cl2N4/c12-7-3-1-2-6(9(7)13)10-16-8-4-14-5-15-11(8)17-10/h1-5H,(H,14,15,16,17). The molecule has 0 saturated carbocycles. The third kappa shape index (κ3) is 1.75. The maximum atomic E-state index is 6.13. The van der Waals surface area contributed by atoms with Gasteiger partial charge in [-0.1, -0.05) is 29.3 Å². The van der Waals surface area contributed by atoms with E-state index in [9.17, 15) is 0 Å². The molecule has 0 saturated heterocycles. The van der Waals surface area contributed by atoms with Gasteiger partial charge in [0.1, 0.15) is 17.7 Å². The molecule has 1 N–H and O–H groups in total. The summed E-state index contributed by atoms with van der Waals surface area (Å²) in [6.45, 7) is 0. The Morgan fingerprint density at radius 3 is 2.88 bits per heavy atom. The summed E-state index contributed by atoms with van der Waals surface area (Å²) in [4.78, 5) is 15.4. The minimum absolute atomic E-state index is 0.473. The number of hydrogen-bond donors (Lipinski definition) is 1. The van der Waals surface area contributed by atoms with Crippen LogP contribution >= 0.6 is 23.2 Å². The number of benzene rings is 1. The van der Waals surface area contributed by atoms with Crippen molar-refractivity contribution >= 4 is 34.4 Å². The Labute approximate surface area is 107 Å². The van der Waals surface area contributed by atoms with Crippen molar-refractivity contribution in [2.75, 3.05) is 0 Å². The number of hydrogen-bond acceptors (Lipinski definition) is 3. The van der Waals surface area contributed by atoms with Gasteiger partial charge in [0.05, 0.1) is 16.2 Å². The number of imidazole rings is 1. The van der Waals surface area contributed by atoms with Crippen LogP contribution in [0.5, 0.6) is 0 Å². The van der Waals surface area contributed by atoms with Crippen molar-refractivity contribution in [1.82, 2.24) is 19.9 Å². The highest BCUT2D eigenvalue weighted by Crippen LogP contribution is 2.32. The van der Waals surface area contributed by atoms with E-state index in [1.165, 1.54) is 6.33 Å². The molecule has 0 unspecified atom stereocenters. The molecule has 0 aliphatic rings. The van der Waals surface area contributed by atoms with Crippen LogP contribution in [0.2, 0.25) is 10.0 Å². The Morgan fingerprint density at radius 2 is 2.06 bits per heavy atom. The lowest BCUT2D eigenvalue weighted by molar-refractivity contribution is 1.20. The van der Waals surface area contributed by atoms with Gasteiger partial charge < -0.3 is 4.98 Å². The Bertz CT molecular complexity index is 660. The molecule has 0 bridgehead atoms. The van der Waals surface area contributed by atoms with E-state index >= 15 is 0 Å². The molecule has 0 atom stereocenters. The Morgan fingerprint density at radius 1 is 1.18 bits per heavy atom. The second kappa shape index (κ2) is 3.98. The van der Waals surface area contributed by atoms with Crippen LogP contribution in [-0.4, -0.2) is 19.9 Å². The monoisotopic (exact) mass is 264 g/mol. The van der Waals surface area contributed by atoms with E-state index in [0.717, 1.165) is 11.1 Å². The molecule has 17 heavy (non-hydrogen) atoms. The van der Waals surface area contributed by atoms with Gasteiger partial charge >= 0.3 is 0 Å². The van der Waals surface area contributed by atoms with Gasteiger partial charge in [0.15, 0.2) is 5.65 Å². The summed E-state index contributed by atoms with van der Waals surface area (Å²) in [7, 11) is 0. The zero-order chi connectivity index (χ0) is 11.8. The molecule has 3 aromatic rings. The van der Waals surface area contributed by atoms with Crippen LogP contribution in [0.1, 0.15) is 0 Å². The van der Waals surface area contributed by atoms with Crippen molar-refractivity contribution in [2.24, 2.45) is 0 Å². The van der Waals surface area contributed by atoms with Crippen molar-refractivity contribution in [1.29, 1.82) is 0 Å². The van der Waals surface area contributed by atoms with Crippen molar-refractivity contribution in [3.63, 3.8) is 0 Å². The van der Waals surface area contributed by atoms with Crippen molar-refractivity contribution in [3.8, 4) is 11.4 Å². The topological polar surface area (TPSA) is 54.5 Å². The average molecular weight is 265 g/mol. The zero-order valence-corrected chi connectivity index (χ0v) is 10.00. The number of H-pyrrole nitrogens is 1. The van der Waals surface area contributed by atoms with Gasteiger partial charge in [-0.05, 0) is 12.1 Å². The van der Waals surface area contributed by atoms with Crippen LogP contribution in [-0.2, 0) is 0 Å². The molecule has 1 aromatic carbocycles. The van der Waals surface area contributed by atoms with E-state index in [1.807, 2.05) is 12.1 Å². The minimum atomic E-state index is 0.473. The summed E-state index contributed by atoms with van der Waals surface area (Å²) in [5.41, 5.74) is 2.11. The molecular formula is C11H6Cl2N4. The van der Waals surface area contributed by atoms with Gasteiger partial charge in [-0.25, -0.2) is 15.0 Å². The summed E-state index contributed by atoms with van der Waals surface area (Å²) < 4.78 is 0. The number of aromatic amines is 1. The minimum Gasteiger partial charge on any atom is -0.335 e. The smallest absolute Gasteiger partial charge is 0.181 e. The quantitative estimate of drug-likeness (QED) is 0.734. The molecule has 0 aliphatic heterocycles. The molecule has 0 radical (unpaired) electrons. The van der Waals surface area contributed by atoms with Crippen LogP contribution in [0.4, 0.5) is 0 Å². The second-order valence-electron chi connectivity index (χ2n) is 3.45. The van der Waals surface area contributed by atoms with Gasteiger partial charge in [0, 0.05) is 5.56 Å². The fourth-order valence-corrected chi connectivity index (χ4v) is 1.97. The molecule has 0 spiro atoms. The van der Waals surface area contributed by atoms with Crippen LogP contribution < -0.4 is 0 Å². The number of rotatable bonds is 1. The van der Waals surface area contributed by atoms with Gasteiger partial charge in [0.25, 0.3) is 0 Å². The molecule has 0 fully saturated rings. The molecule has 0 amide bonds. The van der Waals surface area contributed by atoms with E-state index < -0.39 is 0 Å². The Balaban J connectivity index is 2.24. The highest BCUT2D eigenvalue weighted by atomic mass is 35.5. The Hall–Kier alpha value is -1.65. The van der Waals surface area contributed by atoms with Crippen molar-refractivity contribution < 1.29 is 0 Å². The first-order valence-electron chi connectivity index (χ1n) is 4.86. The maximum absolute atomic E-state index is 6.13. The summed E-state index contributed by atoms with van der Waals surface area (Å²) >= 11 is 12.1. The van der Waals surface area contributed by atoms with E-state index in [0.29, 0.717) is 21.5 Å². The highest BCUT2D eigenvalue weighted by molar-refractivity contribution is 6.43. The fraction of sp³-hybridized carbons (Fsp3) is 0. The molecule has 2 aromatic heterocycles. The predicted octanol–water partition coefficient (Wildman–Crippen LogP) is 3.33. The average Bonchev–Trinajstić information content (AvgIpc) is 2.76. The summed E-state index contributed by atoms with van der Waals surface area (Å²) in [5, 5.41) is 0.969. The largest absolute Gasteiger partial charge is 0.335 e. The van der Waals surface area contributed by atoms with Gasteiger partial charge in [-0.2, -0.15) is 0 Å². The summed E-state index contributed by atoms with van der Waals surface area (Å²) in [6, 6.07) is 5.40.